The Labute approximate surface area is 255 Å². The summed E-state index contributed by atoms with van der Waals surface area (Å²) in [6.45, 7) is 3.68. The zero-order valence-electron chi connectivity index (χ0n) is 23.9. The highest BCUT2D eigenvalue weighted by Gasteiger charge is 2.19. The quantitative estimate of drug-likeness (QED) is 0.117. The Morgan fingerprint density at radius 1 is 0.953 bits per heavy atom. The van der Waals surface area contributed by atoms with Crippen molar-refractivity contribution in [3.63, 3.8) is 0 Å². The van der Waals surface area contributed by atoms with Gasteiger partial charge in [-0.15, -0.1) is 0 Å². The number of carboxylic acid groups (broad SMARTS) is 1. The van der Waals surface area contributed by atoms with Gasteiger partial charge in [-0.3, -0.25) is 4.79 Å². The number of nitrogens with two attached hydrogens (primary N) is 2. The van der Waals surface area contributed by atoms with Crippen molar-refractivity contribution in [3.8, 4) is 5.75 Å². The van der Waals surface area contributed by atoms with Crippen molar-refractivity contribution < 1.29 is 24.2 Å². The van der Waals surface area contributed by atoms with Crippen molar-refractivity contribution in [1.29, 1.82) is 0 Å². The number of piperidine rings is 1. The van der Waals surface area contributed by atoms with Gasteiger partial charge in [0, 0.05) is 31.1 Å². The summed E-state index contributed by atoms with van der Waals surface area (Å²) >= 11 is 6.51. The number of carbonyl (C=O) groups is 3. The fourth-order valence-corrected chi connectivity index (χ4v) is 5.21. The van der Waals surface area contributed by atoms with Gasteiger partial charge in [-0.05, 0) is 92.0 Å². The number of halogens is 1. The number of nitrogens with zero attached hydrogens (tertiary/aromatic N) is 3. The summed E-state index contributed by atoms with van der Waals surface area (Å²) < 4.78 is 5.47. The molecule has 1 heterocycles. The molecule has 0 atom stereocenters. The van der Waals surface area contributed by atoms with Crippen LogP contribution in [0.4, 0.5) is 5.69 Å². The first-order valence-corrected chi connectivity index (χ1v) is 14.6. The van der Waals surface area contributed by atoms with Crippen LogP contribution in [0.2, 0.25) is 5.02 Å². The van der Waals surface area contributed by atoms with Crippen molar-refractivity contribution in [2.45, 2.75) is 38.6 Å². The second-order valence-electron chi connectivity index (χ2n) is 10.4. The Bertz CT molecular complexity index is 1470. The molecule has 1 aliphatic heterocycles. The molecule has 1 saturated heterocycles. The molecule has 0 unspecified atom stereocenters. The second-order valence-corrected chi connectivity index (χ2v) is 10.9. The van der Waals surface area contributed by atoms with E-state index in [2.05, 4.69) is 9.89 Å². The molecule has 10 nitrogen and oxygen atoms in total. The molecule has 4 rings (SSSR count). The number of benzene rings is 3. The summed E-state index contributed by atoms with van der Waals surface area (Å²) in [5.74, 6) is -1.42. The van der Waals surface area contributed by atoms with E-state index in [0.717, 1.165) is 43.6 Å². The summed E-state index contributed by atoms with van der Waals surface area (Å²) in [6.07, 6.45) is 4.16. The van der Waals surface area contributed by atoms with Crippen molar-refractivity contribution in [2.75, 3.05) is 26.2 Å². The average Bonchev–Trinajstić information content (AvgIpc) is 2.99. The number of esters is 1. The van der Waals surface area contributed by atoms with Crippen LogP contribution in [0.25, 0.3) is 0 Å². The van der Waals surface area contributed by atoms with Crippen LogP contribution in [0.3, 0.4) is 0 Å². The third-order valence-corrected chi connectivity index (χ3v) is 7.59. The SMILES string of the molecule is NC(N)=Nc1ccc(C(=O)Oc2ccc(CCC(=O)N(CCN3CCCCC3)Cc3cccc(C(=O)O)c3)c(Cl)c2)cc1. The largest absolute Gasteiger partial charge is 0.478 e. The number of hydrogen-bond donors (Lipinski definition) is 3. The van der Waals surface area contributed by atoms with E-state index in [1.54, 1.807) is 65.6 Å². The minimum absolute atomic E-state index is 0.0477. The van der Waals surface area contributed by atoms with Gasteiger partial charge >= 0.3 is 11.9 Å². The first-order valence-electron chi connectivity index (χ1n) is 14.2. The molecule has 0 aliphatic carbocycles. The number of amides is 1. The zero-order chi connectivity index (χ0) is 30.8. The number of aromatic carboxylic acids is 1. The van der Waals surface area contributed by atoms with Gasteiger partial charge in [0.25, 0.3) is 0 Å². The average molecular weight is 606 g/mol. The molecule has 1 amide bonds. The van der Waals surface area contributed by atoms with Crippen LogP contribution >= 0.6 is 11.6 Å². The molecular formula is C32H36ClN5O5. The first-order chi connectivity index (χ1) is 20.7. The molecule has 1 fully saturated rings. The lowest BCUT2D eigenvalue weighted by Gasteiger charge is -2.30. The number of aliphatic imine (C=N–C) groups is 1. The monoisotopic (exact) mass is 605 g/mol. The number of ether oxygens (including phenoxy) is 1. The lowest BCUT2D eigenvalue weighted by molar-refractivity contribution is -0.132. The van der Waals surface area contributed by atoms with Crippen LogP contribution in [-0.4, -0.2) is 64.9 Å². The normalized spacial score (nSPS) is 13.2. The number of aryl methyl sites for hydroxylation is 1. The van der Waals surface area contributed by atoms with E-state index in [1.165, 1.54) is 6.42 Å². The lowest BCUT2D eigenvalue weighted by Crippen LogP contribution is -2.40. The highest BCUT2D eigenvalue weighted by molar-refractivity contribution is 6.31. The van der Waals surface area contributed by atoms with E-state index in [0.29, 0.717) is 35.8 Å². The highest BCUT2D eigenvalue weighted by atomic mass is 35.5. The van der Waals surface area contributed by atoms with Crippen LogP contribution < -0.4 is 16.2 Å². The van der Waals surface area contributed by atoms with E-state index in [1.807, 2.05) is 6.07 Å². The number of carbonyl (C=O) groups excluding carboxylic acids is 2. The molecule has 5 N–H and O–H groups in total. The van der Waals surface area contributed by atoms with E-state index in [4.69, 9.17) is 27.8 Å². The number of guanidine groups is 1. The van der Waals surface area contributed by atoms with E-state index in [9.17, 15) is 19.5 Å². The van der Waals surface area contributed by atoms with Crippen LogP contribution in [0.1, 0.15) is 57.5 Å². The van der Waals surface area contributed by atoms with Gasteiger partial charge in [-0.2, -0.15) is 0 Å². The third-order valence-electron chi connectivity index (χ3n) is 7.24. The van der Waals surface area contributed by atoms with Crippen LogP contribution in [0.5, 0.6) is 5.75 Å². The summed E-state index contributed by atoms with van der Waals surface area (Å²) in [5, 5.41) is 9.77. The standard InChI is InChI=1S/C32H36ClN5O5/c33-28-20-27(43-31(42)24-7-11-26(12-8-24)36-32(34)35)13-9-23(28)10-14-29(39)38(18-17-37-15-2-1-3-16-37)21-22-5-4-6-25(19-22)30(40)41/h4-9,11-13,19-20H,1-3,10,14-18,21H2,(H,40,41)(H4,34,35,36). The van der Waals surface area contributed by atoms with Gasteiger partial charge in [-0.25, -0.2) is 14.6 Å². The molecular weight excluding hydrogens is 570 g/mol. The van der Waals surface area contributed by atoms with E-state index in [-0.39, 0.29) is 29.6 Å². The minimum Gasteiger partial charge on any atom is -0.478 e. The van der Waals surface area contributed by atoms with Gasteiger partial charge in [0.05, 0.1) is 16.8 Å². The Balaban J connectivity index is 1.38. The van der Waals surface area contributed by atoms with Gasteiger partial charge < -0.3 is 31.1 Å². The maximum atomic E-state index is 13.4. The topological polar surface area (TPSA) is 152 Å². The van der Waals surface area contributed by atoms with Crippen molar-refractivity contribution in [3.05, 3.63) is 94.0 Å². The van der Waals surface area contributed by atoms with Crippen molar-refractivity contribution in [2.24, 2.45) is 16.5 Å². The molecule has 43 heavy (non-hydrogen) atoms. The number of hydrogen-bond acceptors (Lipinski definition) is 6. The van der Waals surface area contributed by atoms with Crippen LogP contribution in [0, 0.1) is 0 Å². The van der Waals surface area contributed by atoms with Gasteiger partial charge in [0.15, 0.2) is 5.96 Å². The van der Waals surface area contributed by atoms with Crippen molar-refractivity contribution in [1.82, 2.24) is 9.80 Å². The van der Waals surface area contributed by atoms with E-state index < -0.39 is 11.9 Å². The number of likely N-dealkylation sites (tertiary alicyclic amines) is 1. The molecule has 3 aromatic carbocycles. The molecule has 11 heteroatoms. The predicted octanol–water partition coefficient (Wildman–Crippen LogP) is 4.61. The van der Waals surface area contributed by atoms with Crippen LogP contribution in [-0.2, 0) is 17.8 Å². The molecule has 0 spiro atoms. The fraction of sp³-hybridized carbons (Fsp3) is 0.312. The smallest absolute Gasteiger partial charge is 0.343 e. The molecule has 3 aromatic rings. The van der Waals surface area contributed by atoms with E-state index >= 15 is 0 Å². The van der Waals surface area contributed by atoms with Gasteiger partial charge in [0.1, 0.15) is 5.75 Å². The summed E-state index contributed by atoms with van der Waals surface area (Å²) in [4.78, 5) is 45.5. The molecule has 1 aliphatic rings. The Morgan fingerprint density at radius 3 is 2.37 bits per heavy atom. The summed E-state index contributed by atoms with van der Waals surface area (Å²) in [6, 6.07) is 17.9. The van der Waals surface area contributed by atoms with Crippen LogP contribution in [0.15, 0.2) is 71.7 Å². The molecule has 0 saturated carbocycles. The Morgan fingerprint density at radius 2 is 1.70 bits per heavy atom. The summed E-state index contributed by atoms with van der Waals surface area (Å²) in [5.41, 5.74) is 13.3. The van der Waals surface area contributed by atoms with Crippen molar-refractivity contribution >= 4 is 41.1 Å². The highest BCUT2D eigenvalue weighted by Crippen LogP contribution is 2.25. The van der Waals surface area contributed by atoms with Gasteiger partial charge in [-0.1, -0.05) is 36.2 Å². The minimum atomic E-state index is -1.00. The zero-order valence-corrected chi connectivity index (χ0v) is 24.6. The Kier molecular flexibility index (Phi) is 11.1. The first kappa shape index (κ1) is 31.5. The maximum absolute atomic E-state index is 13.4. The second kappa shape index (κ2) is 15.2. The molecule has 0 bridgehead atoms. The molecule has 0 radical (unpaired) electrons. The Hall–Kier alpha value is -4.41. The maximum Gasteiger partial charge on any atom is 0.343 e. The molecule has 226 valence electrons. The summed E-state index contributed by atoms with van der Waals surface area (Å²) in [7, 11) is 0. The number of rotatable bonds is 12. The fourth-order valence-electron chi connectivity index (χ4n) is 4.94. The lowest BCUT2D eigenvalue weighted by atomic mass is 10.1. The molecule has 0 aromatic heterocycles. The number of carboxylic acids is 1. The third kappa shape index (κ3) is 9.56. The van der Waals surface area contributed by atoms with Gasteiger partial charge in [0.2, 0.25) is 5.91 Å². The predicted molar refractivity (Wildman–Crippen MR) is 166 cm³/mol.